The van der Waals surface area contributed by atoms with E-state index in [1.54, 1.807) is 0 Å². The second kappa shape index (κ2) is 5.48. The van der Waals surface area contributed by atoms with Crippen molar-refractivity contribution in [1.82, 2.24) is 10.2 Å². The minimum absolute atomic E-state index is 0.185. The van der Waals surface area contributed by atoms with E-state index in [4.69, 9.17) is 0 Å². The molecule has 0 aromatic carbocycles. The molecule has 0 radical (unpaired) electrons. The number of likely N-dealkylation sites (N-methyl/N-ethyl adjacent to an activating group) is 1. The van der Waals surface area contributed by atoms with Crippen LogP contribution in [0.15, 0.2) is 11.1 Å². The fraction of sp³-hybridized carbons (Fsp3) is 0.769. The molecule has 92 valence electrons. The maximum Gasteiger partial charge on any atom is 0.249 e. The van der Waals surface area contributed by atoms with Gasteiger partial charge in [-0.15, -0.1) is 0 Å². The summed E-state index contributed by atoms with van der Waals surface area (Å²) in [6, 6.07) is 0.316. The molecule has 1 N–H and O–H groups in total. The first-order valence-electron chi connectivity index (χ1n) is 6.10. The summed E-state index contributed by atoms with van der Waals surface area (Å²) in [5, 5.41) is 3.17. The lowest BCUT2D eigenvalue weighted by Crippen LogP contribution is -2.40. The minimum Gasteiger partial charge on any atom is -0.339 e. The summed E-state index contributed by atoms with van der Waals surface area (Å²) in [4.78, 5) is 14.0. The third kappa shape index (κ3) is 3.08. The summed E-state index contributed by atoms with van der Waals surface area (Å²) >= 11 is 0. The fourth-order valence-corrected chi connectivity index (χ4v) is 1.97. The van der Waals surface area contributed by atoms with Crippen molar-refractivity contribution in [3.8, 4) is 0 Å². The van der Waals surface area contributed by atoms with Crippen LogP contribution in [0.2, 0.25) is 0 Å². The van der Waals surface area contributed by atoms with Crippen molar-refractivity contribution in [2.24, 2.45) is 5.92 Å². The molecule has 16 heavy (non-hydrogen) atoms. The van der Waals surface area contributed by atoms with Gasteiger partial charge in [0.25, 0.3) is 0 Å². The van der Waals surface area contributed by atoms with Gasteiger partial charge in [0.2, 0.25) is 5.91 Å². The number of carbonyl (C=O) groups excluding carboxylic acids is 1. The Labute approximate surface area is 98.9 Å². The van der Waals surface area contributed by atoms with E-state index in [0.29, 0.717) is 12.0 Å². The number of hydrogen-bond acceptors (Lipinski definition) is 2. The van der Waals surface area contributed by atoms with Crippen molar-refractivity contribution in [2.45, 2.75) is 40.2 Å². The zero-order chi connectivity index (χ0) is 12.3. The van der Waals surface area contributed by atoms with Gasteiger partial charge in [0.05, 0.1) is 0 Å². The monoisotopic (exact) mass is 224 g/mol. The van der Waals surface area contributed by atoms with Crippen LogP contribution >= 0.6 is 0 Å². The predicted molar refractivity (Wildman–Crippen MR) is 67.3 cm³/mol. The Morgan fingerprint density at radius 1 is 1.38 bits per heavy atom. The van der Waals surface area contributed by atoms with Gasteiger partial charge in [0.1, 0.15) is 0 Å². The van der Waals surface area contributed by atoms with E-state index in [1.807, 2.05) is 18.9 Å². The van der Waals surface area contributed by atoms with Crippen molar-refractivity contribution < 1.29 is 4.79 Å². The van der Waals surface area contributed by atoms with Crippen LogP contribution < -0.4 is 5.32 Å². The van der Waals surface area contributed by atoms with Crippen LogP contribution in [-0.4, -0.2) is 37.0 Å². The molecule has 1 aliphatic heterocycles. The molecular weight excluding hydrogens is 200 g/mol. The Balaban J connectivity index is 2.59. The largest absolute Gasteiger partial charge is 0.339 e. The molecule has 3 heteroatoms. The van der Waals surface area contributed by atoms with E-state index in [0.717, 1.165) is 25.1 Å². The lowest BCUT2D eigenvalue weighted by Gasteiger charge is -2.29. The third-order valence-electron chi connectivity index (χ3n) is 3.32. The van der Waals surface area contributed by atoms with E-state index in [-0.39, 0.29) is 5.91 Å². The summed E-state index contributed by atoms with van der Waals surface area (Å²) in [5.41, 5.74) is 2.19. The molecule has 1 amide bonds. The molecule has 1 heterocycles. The van der Waals surface area contributed by atoms with Crippen molar-refractivity contribution in [2.75, 3.05) is 20.1 Å². The van der Waals surface area contributed by atoms with Crippen LogP contribution in [0, 0.1) is 5.92 Å². The van der Waals surface area contributed by atoms with Gasteiger partial charge in [0.15, 0.2) is 0 Å². The first-order chi connectivity index (χ1) is 7.43. The Bertz CT molecular complexity index is 288. The average Bonchev–Trinajstić information content (AvgIpc) is 2.11. The van der Waals surface area contributed by atoms with Gasteiger partial charge in [0, 0.05) is 31.8 Å². The lowest BCUT2D eigenvalue weighted by molar-refractivity contribution is -0.127. The highest BCUT2D eigenvalue weighted by atomic mass is 16.2. The minimum atomic E-state index is 0.185. The molecular formula is C13H24N2O. The summed E-state index contributed by atoms with van der Waals surface area (Å²) < 4.78 is 0. The quantitative estimate of drug-likeness (QED) is 0.739. The molecule has 1 atom stereocenters. The van der Waals surface area contributed by atoms with Crippen LogP contribution in [0.25, 0.3) is 0 Å². The Kier molecular flexibility index (Phi) is 4.54. The van der Waals surface area contributed by atoms with Crippen molar-refractivity contribution in [3.05, 3.63) is 11.1 Å². The zero-order valence-electron chi connectivity index (χ0n) is 11.1. The fourth-order valence-electron chi connectivity index (χ4n) is 1.97. The first kappa shape index (κ1) is 13.2. The van der Waals surface area contributed by atoms with Gasteiger partial charge in [-0.05, 0) is 31.8 Å². The Morgan fingerprint density at radius 2 is 1.94 bits per heavy atom. The van der Waals surface area contributed by atoms with E-state index < -0.39 is 0 Å². The van der Waals surface area contributed by atoms with Gasteiger partial charge < -0.3 is 10.2 Å². The van der Waals surface area contributed by atoms with Crippen LogP contribution in [0.4, 0.5) is 0 Å². The first-order valence-corrected chi connectivity index (χ1v) is 6.10. The van der Waals surface area contributed by atoms with Gasteiger partial charge in [-0.25, -0.2) is 0 Å². The third-order valence-corrected chi connectivity index (χ3v) is 3.32. The van der Waals surface area contributed by atoms with Gasteiger partial charge in [-0.1, -0.05) is 13.8 Å². The highest BCUT2D eigenvalue weighted by molar-refractivity contribution is 5.94. The molecule has 0 aromatic heterocycles. The smallest absolute Gasteiger partial charge is 0.249 e. The summed E-state index contributed by atoms with van der Waals surface area (Å²) in [6.07, 6.45) is 1.06. The maximum atomic E-state index is 12.1. The van der Waals surface area contributed by atoms with Gasteiger partial charge in [-0.3, -0.25) is 4.79 Å². The second-order valence-corrected chi connectivity index (χ2v) is 5.23. The molecule has 1 unspecified atom stereocenters. The lowest BCUT2D eigenvalue weighted by atomic mass is 10.0. The van der Waals surface area contributed by atoms with E-state index >= 15 is 0 Å². The summed E-state index contributed by atoms with van der Waals surface area (Å²) in [5.74, 6) is 0.813. The van der Waals surface area contributed by atoms with Crippen LogP contribution in [0.1, 0.15) is 34.1 Å². The predicted octanol–water partition coefficient (Wildman–Crippen LogP) is 1.80. The van der Waals surface area contributed by atoms with E-state index in [2.05, 4.69) is 26.1 Å². The van der Waals surface area contributed by atoms with E-state index in [9.17, 15) is 4.79 Å². The van der Waals surface area contributed by atoms with Crippen LogP contribution in [0.5, 0.6) is 0 Å². The van der Waals surface area contributed by atoms with E-state index in [1.165, 1.54) is 5.57 Å². The SMILES string of the molecule is CC(C(=O)N(C)C(C)CC(C)C)=C1CNC1. The standard InChI is InChI=1S/C13H24N2O/c1-9(2)6-10(3)15(5)13(16)11(4)12-7-14-8-12/h9-10,14H,6-8H2,1-5H3. The highest BCUT2D eigenvalue weighted by Gasteiger charge is 2.22. The molecule has 3 nitrogen and oxygen atoms in total. The van der Waals surface area contributed by atoms with Crippen LogP contribution in [0.3, 0.4) is 0 Å². The molecule has 0 saturated carbocycles. The number of rotatable bonds is 4. The van der Waals surface area contributed by atoms with Crippen molar-refractivity contribution >= 4 is 5.91 Å². The molecule has 1 aliphatic rings. The molecule has 0 spiro atoms. The zero-order valence-corrected chi connectivity index (χ0v) is 11.1. The van der Waals surface area contributed by atoms with Crippen molar-refractivity contribution in [3.63, 3.8) is 0 Å². The molecule has 0 aromatic rings. The Morgan fingerprint density at radius 3 is 2.31 bits per heavy atom. The van der Waals surface area contributed by atoms with Gasteiger partial charge in [-0.2, -0.15) is 0 Å². The average molecular weight is 224 g/mol. The normalized spacial score (nSPS) is 17.0. The van der Waals surface area contributed by atoms with Crippen molar-refractivity contribution in [1.29, 1.82) is 0 Å². The highest BCUT2D eigenvalue weighted by Crippen LogP contribution is 2.15. The number of carbonyl (C=O) groups is 1. The maximum absolute atomic E-state index is 12.1. The summed E-state index contributed by atoms with van der Waals surface area (Å²) in [6.45, 7) is 10.2. The van der Waals surface area contributed by atoms with Gasteiger partial charge >= 0.3 is 0 Å². The number of hydrogen-bond donors (Lipinski definition) is 1. The summed E-state index contributed by atoms with van der Waals surface area (Å²) in [7, 11) is 1.91. The molecule has 1 saturated heterocycles. The Hall–Kier alpha value is -0.830. The number of nitrogens with one attached hydrogen (secondary N) is 1. The second-order valence-electron chi connectivity index (χ2n) is 5.23. The molecule has 0 bridgehead atoms. The van der Waals surface area contributed by atoms with Crippen LogP contribution in [-0.2, 0) is 4.79 Å². The number of nitrogens with zero attached hydrogens (tertiary/aromatic N) is 1. The number of amides is 1. The topological polar surface area (TPSA) is 32.3 Å². The molecule has 1 fully saturated rings. The molecule has 1 rings (SSSR count). The molecule has 0 aliphatic carbocycles.